The lowest BCUT2D eigenvalue weighted by Crippen LogP contribution is -2.48. The second-order valence-electron chi connectivity index (χ2n) is 4.83. The largest absolute Gasteiger partial charge is 0.292 e. The molecule has 3 amide bonds. The molecular formula is C14H10N4O6. The van der Waals surface area contributed by atoms with E-state index in [4.69, 9.17) is 5.26 Å². The van der Waals surface area contributed by atoms with E-state index in [0.29, 0.717) is 5.01 Å². The molecule has 2 rings (SSSR count). The molecule has 1 heterocycles. The molecule has 1 aliphatic rings. The molecular weight excluding hydrogens is 320 g/mol. The van der Waals surface area contributed by atoms with Gasteiger partial charge in [-0.05, 0) is 12.1 Å². The van der Waals surface area contributed by atoms with Gasteiger partial charge in [0.25, 0.3) is 11.6 Å². The number of nitro benzene ring substituents is 1. The molecule has 1 saturated heterocycles. The topological polar surface area (TPSA) is 150 Å². The molecule has 1 fully saturated rings. The Morgan fingerprint density at radius 1 is 1.21 bits per heavy atom. The Balaban J connectivity index is 2.15. The number of nitriles is 1. The van der Waals surface area contributed by atoms with Crippen LogP contribution in [0.15, 0.2) is 24.3 Å². The number of ketones is 1. The third kappa shape index (κ3) is 3.25. The van der Waals surface area contributed by atoms with Crippen LogP contribution in [0, 0.1) is 27.4 Å². The number of hydrogen-bond acceptors (Lipinski definition) is 7. The normalized spacial score (nSPS) is 14.9. The minimum Gasteiger partial charge on any atom is -0.292 e. The summed E-state index contributed by atoms with van der Waals surface area (Å²) in [5, 5.41) is 20.1. The van der Waals surface area contributed by atoms with Crippen LogP contribution in [0.3, 0.4) is 0 Å². The molecule has 1 unspecified atom stereocenters. The molecule has 24 heavy (non-hydrogen) atoms. The highest BCUT2D eigenvalue weighted by Gasteiger charge is 2.35. The SMILES string of the molecule is N#CC(C(=O)NN1C(=O)CCC1=O)C(=O)c1ccc([N+](=O)[O-])cc1. The number of carbonyl (C=O) groups is 4. The Hall–Kier alpha value is -3.61. The molecule has 1 aliphatic heterocycles. The maximum absolute atomic E-state index is 12.2. The van der Waals surface area contributed by atoms with Crippen LogP contribution >= 0.6 is 0 Å². The van der Waals surface area contributed by atoms with Gasteiger partial charge >= 0.3 is 0 Å². The maximum Gasteiger partial charge on any atom is 0.269 e. The number of carbonyl (C=O) groups excluding carboxylic acids is 4. The van der Waals surface area contributed by atoms with Gasteiger partial charge in [0.1, 0.15) is 0 Å². The first-order valence-electron chi connectivity index (χ1n) is 6.69. The van der Waals surface area contributed by atoms with Crippen molar-refractivity contribution in [3.05, 3.63) is 39.9 Å². The number of hydrogen-bond donors (Lipinski definition) is 1. The fraction of sp³-hybridized carbons (Fsp3) is 0.214. The first kappa shape index (κ1) is 16.8. The number of benzene rings is 1. The van der Waals surface area contributed by atoms with Crippen molar-refractivity contribution >= 4 is 29.2 Å². The second kappa shape index (κ2) is 6.66. The first-order chi connectivity index (χ1) is 11.3. The monoisotopic (exact) mass is 330 g/mol. The number of imide groups is 1. The lowest BCUT2D eigenvalue weighted by Gasteiger charge is -2.16. The van der Waals surface area contributed by atoms with Crippen LogP contribution in [-0.4, -0.2) is 33.4 Å². The number of nitro groups is 1. The van der Waals surface area contributed by atoms with Crippen LogP contribution in [0.5, 0.6) is 0 Å². The van der Waals surface area contributed by atoms with Crippen LogP contribution < -0.4 is 5.43 Å². The number of hydrazine groups is 1. The summed E-state index contributed by atoms with van der Waals surface area (Å²) in [7, 11) is 0. The van der Waals surface area contributed by atoms with Crippen LogP contribution in [0.4, 0.5) is 5.69 Å². The standard InChI is InChI=1S/C14H10N4O6/c15-7-10(14(22)16-17-11(19)5-6-12(17)20)13(21)8-1-3-9(4-2-8)18(23)24/h1-4,10H,5-6H2,(H,16,22). The fourth-order valence-corrected chi connectivity index (χ4v) is 2.03. The van der Waals surface area contributed by atoms with E-state index in [1.807, 2.05) is 5.43 Å². The van der Waals surface area contributed by atoms with E-state index in [1.165, 1.54) is 6.07 Å². The molecule has 122 valence electrons. The van der Waals surface area contributed by atoms with Crippen molar-refractivity contribution < 1.29 is 24.1 Å². The molecule has 0 saturated carbocycles. The minimum absolute atomic E-state index is 0.0629. The van der Waals surface area contributed by atoms with E-state index in [1.54, 1.807) is 0 Å². The Bertz CT molecular complexity index is 763. The van der Waals surface area contributed by atoms with E-state index >= 15 is 0 Å². The molecule has 1 aromatic rings. The van der Waals surface area contributed by atoms with Gasteiger partial charge in [-0.15, -0.1) is 0 Å². The summed E-state index contributed by atoms with van der Waals surface area (Å²) >= 11 is 0. The number of Topliss-reactive ketones (excluding diaryl/α,β-unsaturated/α-hetero) is 1. The van der Waals surface area contributed by atoms with Gasteiger partial charge in [-0.25, -0.2) is 0 Å². The third-order valence-corrected chi connectivity index (χ3v) is 3.29. The molecule has 0 bridgehead atoms. The average Bonchev–Trinajstić information content (AvgIpc) is 2.87. The zero-order valence-electron chi connectivity index (χ0n) is 12.1. The van der Waals surface area contributed by atoms with Crippen molar-refractivity contribution in [2.45, 2.75) is 12.8 Å². The van der Waals surface area contributed by atoms with E-state index in [-0.39, 0.29) is 24.1 Å². The molecule has 0 radical (unpaired) electrons. The van der Waals surface area contributed by atoms with E-state index in [2.05, 4.69) is 0 Å². The highest BCUT2D eigenvalue weighted by molar-refractivity contribution is 6.13. The van der Waals surface area contributed by atoms with E-state index in [9.17, 15) is 29.3 Å². The van der Waals surface area contributed by atoms with E-state index in [0.717, 1.165) is 24.3 Å². The van der Waals surface area contributed by atoms with Gasteiger partial charge in [0.2, 0.25) is 11.8 Å². The molecule has 0 aromatic heterocycles. The summed E-state index contributed by atoms with van der Waals surface area (Å²) in [6.07, 6.45) is -0.126. The summed E-state index contributed by atoms with van der Waals surface area (Å²) in [5.74, 6) is -5.08. The summed E-state index contributed by atoms with van der Waals surface area (Å²) in [6.45, 7) is 0. The van der Waals surface area contributed by atoms with Crippen LogP contribution in [0.25, 0.3) is 0 Å². The van der Waals surface area contributed by atoms with Crippen molar-refractivity contribution in [1.82, 2.24) is 10.4 Å². The fourth-order valence-electron chi connectivity index (χ4n) is 2.03. The number of amides is 3. The molecule has 1 atom stereocenters. The average molecular weight is 330 g/mol. The highest BCUT2D eigenvalue weighted by atomic mass is 16.6. The zero-order chi connectivity index (χ0) is 17.9. The van der Waals surface area contributed by atoms with Gasteiger partial charge in [0.05, 0.1) is 11.0 Å². The lowest BCUT2D eigenvalue weighted by molar-refractivity contribution is -0.384. The smallest absolute Gasteiger partial charge is 0.269 e. The molecule has 0 spiro atoms. The van der Waals surface area contributed by atoms with E-state index < -0.39 is 34.3 Å². The Labute approximate surface area is 134 Å². The second-order valence-corrected chi connectivity index (χ2v) is 4.83. The van der Waals surface area contributed by atoms with Crippen molar-refractivity contribution in [1.29, 1.82) is 5.26 Å². The van der Waals surface area contributed by atoms with Gasteiger partial charge < -0.3 is 0 Å². The van der Waals surface area contributed by atoms with Gasteiger partial charge in [-0.1, -0.05) is 0 Å². The number of nitrogens with one attached hydrogen (secondary N) is 1. The number of rotatable bonds is 5. The van der Waals surface area contributed by atoms with Crippen molar-refractivity contribution in [2.75, 3.05) is 0 Å². The zero-order valence-corrected chi connectivity index (χ0v) is 12.1. The first-order valence-corrected chi connectivity index (χ1v) is 6.69. The minimum atomic E-state index is -1.80. The molecule has 1 N–H and O–H groups in total. The number of nitrogens with zero attached hydrogens (tertiary/aromatic N) is 3. The van der Waals surface area contributed by atoms with Gasteiger partial charge in [0, 0.05) is 30.5 Å². The quantitative estimate of drug-likeness (QED) is 0.264. The Kier molecular flexibility index (Phi) is 4.65. The molecule has 1 aromatic carbocycles. The van der Waals surface area contributed by atoms with Crippen molar-refractivity contribution in [3.63, 3.8) is 0 Å². The lowest BCUT2D eigenvalue weighted by atomic mass is 9.98. The van der Waals surface area contributed by atoms with Gasteiger partial charge in [-0.2, -0.15) is 10.3 Å². The van der Waals surface area contributed by atoms with Crippen LogP contribution in [0.2, 0.25) is 0 Å². The summed E-state index contributed by atoms with van der Waals surface area (Å²) in [5.41, 5.74) is 1.62. The van der Waals surface area contributed by atoms with Crippen LogP contribution in [0.1, 0.15) is 23.2 Å². The summed E-state index contributed by atoms with van der Waals surface area (Å²) < 4.78 is 0. The summed E-state index contributed by atoms with van der Waals surface area (Å²) in [4.78, 5) is 57.0. The number of non-ortho nitro benzene ring substituents is 1. The molecule has 10 heteroatoms. The summed E-state index contributed by atoms with van der Waals surface area (Å²) in [6, 6.07) is 5.85. The predicted molar refractivity (Wildman–Crippen MR) is 75.8 cm³/mol. The maximum atomic E-state index is 12.2. The van der Waals surface area contributed by atoms with Gasteiger partial charge in [-0.3, -0.25) is 34.7 Å². The molecule has 0 aliphatic carbocycles. The van der Waals surface area contributed by atoms with Gasteiger partial charge in [0.15, 0.2) is 11.7 Å². The van der Waals surface area contributed by atoms with Crippen molar-refractivity contribution in [3.8, 4) is 6.07 Å². The predicted octanol–water partition coefficient (Wildman–Crippen LogP) is 0.0975. The van der Waals surface area contributed by atoms with Crippen molar-refractivity contribution in [2.24, 2.45) is 5.92 Å². The Morgan fingerprint density at radius 2 is 1.75 bits per heavy atom. The highest BCUT2D eigenvalue weighted by Crippen LogP contribution is 2.16. The Morgan fingerprint density at radius 3 is 2.21 bits per heavy atom. The molecule has 10 nitrogen and oxygen atoms in total. The van der Waals surface area contributed by atoms with Crippen LogP contribution in [-0.2, 0) is 14.4 Å². The third-order valence-electron chi connectivity index (χ3n) is 3.29.